The lowest BCUT2D eigenvalue weighted by molar-refractivity contribution is -0.141. The minimum absolute atomic E-state index is 0.0323. The number of hydrogen-bond donors (Lipinski definition) is 3. The van der Waals surface area contributed by atoms with Gasteiger partial charge in [-0.05, 0) is 6.07 Å². The first-order valence-corrected chi connectivity index (χ1v) is 8.58. The number of guanidine groups is 1. The molecular formula is C14H15F6N7S. The Morgan fingerprint density at radius 2 is 1.75 bits per heavy atom. The average Bonchev–Trinajstić information content (AvgIpc) is 3.10. The molecule has 0 aromatic carbocycles. The second-order valence-electron chi connectivity index (χ2n) is 5.17. The van der Waals surface area contributed by atoms with Gasteiger partial charge in [-0.25, -0.2) is 15.0 Å². The Hall–Kier alpha value is -2.64. The van der Waals surface area contributed by atoms with Gasteiger partial charge in [0.15, 0.2) is 11.7 Å². The highest BCUT2D eigenvalue weighted by atomic mass is 32.1. The zero-order valence-corrected chi connectivity index (χ0v) is 15.1. The molecule has 0 aliphatic rings. The molecule has 0 aliphatic heterocycles. The SMILES string of the molecule is CN=C(NCCNc1nccc(C(F)(F)F)n1)NCc1nc(C(F)(F)F)cs1. The normalized spacial score (nSPS) is 12.8. The van der Waals surface area contributed by atoms with E-state index in [-0.39, 0.29) is 36.5 Å². The van der Waals surface area contributed by atoms with Crippen molar-refractivity contribution in [3.63, 3.8) is 0 Å². The lowest BCUT2D eigenvalue weighted by atomic mass is 10.4. The molecule has 0 spiro atoms. The van der Waals surface area contributed by atoms with E-state index >= 15 is 0 Å². The van der Waals surface area contributed by atoms with Gasteiger partial charge in [-0.1, -0.05) is 0 Å². The van der Waals surface area contributed by atoms with Crippen LogP contribution in [0.1, 0.15) is 16.4 Å². The molecule has 0 atom stereocenters. The van der Waals surface area contributed by atoms with Crippen LogP contribution in [-0.4, -0.2) is 41.0 Å². The number of halogens is 6. The summed E-state index contributed by atoms with van der Waals surface area (Å²) in [6.07, 6.45) is -8.06. The van der Waals surface area contributed by atoms with E-state index in [1.54, 1.807) is 0 Å². The molecule has 2 aromatic heterocycles. The van der Waals surface area contributed by atoms with Gasteiger partial charge in [-0.15, -0.1) is 11.3 Å². The Kier molecular flexibility index (Phi) is 6.99. The Morgan fingerprint density at radius 1 is 1.04 bits per heavy atom. The highest BCUT2D eigenvalue weighted by Gasteiger charge is 2.34. The van der Waals surface area contributed by atoms with E-state index < -0.39 is 23.7 Å². The highest BCUT2D eigenvalue weighted by Crippen LogP contribution is 2.30. The van der Waals surface area contributed by atoms with Crippen LogP contribution in [0.5, 0.6) is 0 Å². The van der Waals surface area contributed by atoms with Gasteiger partial charge >= 0.3 is 12.4 Å². The lowest BCUT2D eigenvalue weighted by Crippen LogP contribution is -2.39. The van der Waals surface area contributed by atoms with E-state index in [4.69, 9.17) is 0 Å². The second-order valence-corrected chi connectivity index (χ2v) is 6.11. The Bertz CT molecular complexity index is 802. The van der Waals surface area contributed by atoms with Crippen molar-refractivity contribution in [2.75, 3.05) is 25.5 Å². The minimum atomic E-state index is -4.56. The van der Waals surface area contributed by atoms with E-state index in [9.17, 15) is 26.3 Å². The first-order chi connectivity index (χ1) is 13.1. The summed E-state index contributed by atoms with van der Waals surface area (Å²) in [4.78, 5) is 14.4. The van der Waals surface area contributed by atoms with Crippen LogP contribution < -0.4 is 16.0 Å². The van der Waals surface area contributed by atoms with Crippen LogP contribution in [0.3, 0.4) is 0 Å². The third-order valence-corrected chi connectivity index (χ3v) is 3.97. The van der Waals surface area contributed by atoms with Crippen LogP contribution >= 0.6 is 11.3 Å². The summed E-state index contributed by atoms with van der Waals surface area (Å²) in [5.41, 5.74) is -2.01. The van der Waals surface area contributed by atoms with Crippen LogP contribution in [0.25, 0.3) is 0 Å². The van der Waals surface area contributed by atoms with E-state index in [0.29, 0.717) is 0 Å². The van der Waals surface area contributed by atoms with Crippen molar-refractivity contribution >= 4 is 23.2 Å². The first kappa shape index (κ1) is 21.7. The summed E-state index contributed by atoms with van der Waals surface area (Å²) < 4.78 is 75.3. The predicted molar refractivity (Wildman–Crippen MR) is 90.8 cm³/mol. The summed E-state index contributed by atoms with van der Waals surface area (Å²) in [5, 5.41) is 9.41. The standard InChI is InChI=1S/C14H15F6N7S/c1-21-11(25-6-10-26-9(7-28-10)14(18,19)20)23-4-5-24-12-22-3-2-8(27-12)13(15,16)17/h2-3,7H,4-6H2,1H3,(H2,21,23,25)(H,22,24,27). The van der Waals surface area contributed by atoms with E-state index in [1.807, 2.05) is 0 Å². The number of thiazole rings is 1. The molecule has 154 valence electrons. The third-order valence-electron chi connectivity index (χ3n) is 3.12. The molecule has 0 saturated carbocycles. The Morgan fingerprint density at radius 3 is 2.36 bits per heavy atom. The van der Waals surface area contributed by atoms with Crippen molar-refractivity contribution in [3.05, 3.63) is 34.0 Å². The monoisotopic (exact) mass is 427 g/mol. The quantitative estimate of drug-likeness (QED) is 0.285. The maximum atomic E-state index is 12.6. The number of hydrogen-bond acceptors (Lipinski definition) is 6. The maximum absolute atomic E-state index is 12.6. The van der Waals surface area contributed by atoms with Crippen molar-refractivity contribution in [3.8, 4) is 0 Å². The molecule has 7 nitrogen and oxygen atoms in total. The molecule has 0 aliphatic carbocycles. The van der Waals surface area contributed by atoms with Crippen molar-refractivity contribution in [2.45, 2.75) is 18.9 Å². The molecule has 0 bridgehead atoms. The summed E-state index contributed by atoms with van der Waals surface area (Å²) >= 11 is 0.861. The molecule has 3 N–H and O–H groups in total. The number of anilines is 1. The molecule has 0 amide bonds. The predicted octanol–water partition coefficient (Wildman–Crippen LogP) is 2.75. The van der Waals surface area contributed by atoms with Gasteiger partial charge in [0.05, 0.1) is 6.54 Å². The van der Waals surface area contributed by atoms with Crippen LogP contribution in [0.2, 0.25) is 0 Å². The van der Waals surface area contributed by atoms with E-state index in [1.165, 1.54) is 7.05 Å². The Labute approximate surface area is 159 Å². The Balaban J connectivity index is 1.76. The average molecular weight is 427 g/mol. The smallest absolute Gasteiger partial charge is 0.355 e. The van der Waals surface area contributed by atoms with Crippen LogP contribution in [-0.2, 0) is 18.9 Å². The van der Waals surface area contributed by atoms with Crippen molar-refractivity contribution < 1.29 is 26.3 Å². The molecule has 0 unspecified atom stereocenters. The second kappa shape index (κ2) is 9.03. The fourth-order valence-corrected chi connectivity index (χ4v) is 2.60. The molecular weight excluding hydrogens is 412 g/mol. The molecule has 0 fully saturated rings. The topological polar surface area (TPSA) is 87.1 Å². The summed E-state index contributed by atoms with van der Waals surface area (Å²) in [5.74, 6) is 0.109. The van der Waals surface area contributed by atoms with Crippen LogP contribution in [0, 0.1) is 0 Å². The molecule has 14 heteroatoms. The summed E-state index contributed by atoms with van der Waals surface area (Å²) in [6, 6.07) is 0.762. The number of aromatic nitrogens is 3. The fourth-order valence-electron chi connectivity index (χ4n) is 1.86. The van der Waals surface area contributed by atoms with Crippen molar-refractivity contribution in [2.24, 2.45) is 4.99 Å². The maximum Gasteiger partial charge on any atom is 0.434 e. The van der Waals surface area contributed by atoms with E-state index in [2.05, 4.69) is 35.9 Å². The summed E-state index contributed by atoms with van der Waals surface area (Å²) in [7, 11) is 1.46. The number of aliphatic imine (C=N–C) groups is 1. The highest BCUT2D eigenvalue weighted by molar-refractivity contribution is 7.09. The van der Waals surface area contributed by atoms with Gasteiger partial charge in [-0.2, -0.15) is 26.3 Å². The van der Waals surface area contributed by atoms with E-state index in [0.717, 1.165) is 29.0 Å². The number of rotatable bonds is 6. The molecule has 28 heavy (non-hydrogen) atoms. The van der Waals surface area contributed by atoms with Crippen LogP contribution in [0.4, 0.5) is 32.3 Å². The molecule has 2 rings (SSSR count). The number of nitrogens with one attached hydrogen (secondary N) is 3. The lowest BCUT2D eigenvalue weighted by Gasteiger charge is -2.12. The van der Waals surface area contributed by atoms with Crippen LogP contribution in [0.15, 0.2) is 22.6 Å². The molecule has 0 saturated heterocycles. The van der Waals surface area contributed by atoms with Gasteiger partial charge in [0.1, 0.15) is 10.7 Å². The number of nitrogens with zero attached hydrogens (tertiary/aromatic N) is 4. The molecule has 2 heterocycles. The zero-order valence-electron chi connectivity index (χ0n) is 14.3. The van der Waals surface area contributed by atoms with Crippen molar-refractivity contribution in [1.29, 1.82) is 0 Å². The minimum Gasteiger partial charge on any atom is -0.355 e. The zero-order chi connectivity index (χ0) is 20.8. The van der Waals surface area contributed by atoms with Gasteiger partial charge in [0, 0.05) is 31.7 Å². The van der Waals surface area contributed by atoms with Crippen molar-refractivity contribution in [1.82, 2.24) is 25.6 Å². The van der Waals surface area contributed by atoms with Gasteiger partial charge in [0.25, 0.3) is 0 Å². The molecule has 2 aromatic rings. The largest absolute Gasteiger partial charge is 0.434 e. The summed E-state index contributed by atoms with van der Waals surface area (Å²) in [6.45, 7) is 0.451. The first-order valence-electron chi connectivity index (χ1n) is 7.70. The fraction of sp³-hybridized carbons (Fsp3) is 0.429. The van der Waals surface area contributed by atoms with Gasteiger partial charge in [-0.3, -0.25) is 4.99 Å². The van der Waals surface area contributed by atoms with Gasteiger partial charge in [0.2, 0.25) is 5.95 Å². The molecule has 0 radical (unpaired) electrons. The number of alkyl halides is 6. The van der Waals surface area contributed by atoms with Gasteiger partial charge < -0.3 is 16.0 Å². The third kappa shape index (κ3) is 6.51.